The highest BCUT2D eigenvalue weighted by atomic mass is 19.1. The quantitative estimate of drug-likeness (QED) is 0.808. The number of halogens is 2. The van der Waals surface area contributed by atoms with Crippen molar-refractivity contribution in [2.75, 3.05) is 19.9 Å². The Morgan fingerprint density at radius 1 is 1.35 bits per heavy atom. The molecule has 2 fully saturated rings. The number of fused-ring (bicyclic) bond motifs is 1. The van der Waals surface area contributed by atoms with E-state index < -0.39 is 17.2 Å². The van der Waals surface area contributed by atoms with E-state index >= 15 is 0 Å². The second-order valence-electron chi connectivity index (χ2n) is 4.39. The highest BCUT2D eigenvalue weighted by Gasteiger charge is 2.50. The van der Waals surface area contributed by atoms with Gasteiger partial charge in [0, 0.05) is 12.1 Å². The van der Waals surface area contributed by atoms with Gasteiger partial charge in [-0.1, -0.05) is 0 Å². The molecule has 0 bridgehead atoms. The third-order valence-corrected chi connectivity index (χ3v) is 3.49. The number of hydrogen-bond donors (Lipinski definition) is 1. The number of benzene rings is 1. The van der Waals surface area contributed by atoms with E-state index in [4.69, 9.17) is 9.47 Å². The van der Waals surface area contributed by atoms with Crippen molar-refractivity contribution in [3.05, 3.63) is 35.4 Å². The minimum absolute atomic E-state index is 0.127. The van der Waals surface area contributed by atoms with Gasteiger partial charge in [-0.3, -0.25) is 0 Å². The van der Waals surface area contributed by atoms with Crippen LogP contribution in [0.5, 0.6) is 0 Å². The first kappa shape index (κ1) is 11.1. The van der Waals surface area contributed by atoms with Crippen molar-refractivity contribution in [3.8, 4) is 0 Å². The lowest BCUT2D eigenvalue weighted by molar-refractivity contribution is -0.0293. The first-order valence-electron chi connectivity index (χ1n) is 5.64. The van der Waals surface area contributed by atoms with Crippen molar-refractivity contribution in [2.45, 2.75) is 18.1 Å². The smallest absolute Gasteiger partial charge is 0.148 e. The first-order valence-corrected chi connectivity index (χ1v) is 5.64. The van der Waals surface area contributed by atoms with E-state index in [1.54, 1.807) is 0 Å². The molecule has 2 aliphatic heterocycles. The molecule has 2 atom stereocenters. The molecule has 0 saturated carbocycles. The Labute approximate surface area is 97.7 Å². The van der Waals surface area contributed by atoms with E-state index in [2.05, 4.69) is 5.32 Å². The van der Waals surface area contributed by atoms with Gasteiger partial charge in [0.15, 0.2) is 0 Å². The van der Waals surface area contributed by atoms with Crippen LogP contribution in [0.25, 0.3) is 0 Å². The number of piperidine rings is 1. The maximum atomic E-state index is 13.9. The summed E-state index contributed by atoms with van der Waals surface area (Å²) in [7, 11) is 0. The average molecular weight is 241 g/mol. The van der Waals surface area contributed by atoms with Gasteiger partial charge < -0.3 is 14.8 Å². The predicted octanol–water partition coefficient (Wildman–Crippen LogP) is 1.53. The average Bonchev–Trinajstić information content (AvgIpc) is 2.77. The largest absolute Gasteiger partial charge is 0.347 e. The van der Waals surface area contributed by atoms with E-state index in [1.807, 2.05) is 0 Å². The number of nitrogens with one attached hydrogen (secondary N) is 1. The molecular formula is C12H13F2NO2. The molecule has 0 radical (unpaired) electrons. The molecule has 1 aromatic rings. The van der Waals surface area contributed by atoms with Gasteiger partial charge in [0.25, 0.3) is 0 Å². The van der Waals surface area contributed by atoms with Crippen molar-refractivity contribution in [3.63, 3.8) is 0 Å². The van der Waals surface area contributed by atoms with Crippen LogP contribution in [-0.4, -0.2) is 26.0 Å². The highest BCUT2D eigenvalue weighted by Crippen LogP contribution is 2.41. The molecule has 3 nitrogen and oxygen atoms in total. The van der Waals surface area contributed by atoms with Crippen LogP contribution in [-0.2, 0) is 15.1 Å². The monoisotopic (exact) mass is 241 g/mol. The zero-order valence-electron chi connectivity index (χ0n) is 9.21. The second kappa shape index (κ2) is 4.01. The summed E-state index contributed by atoms with van der Waals surface area (Å²) in [5, 5.41) is 3.16. The van der Waals surface area contributed by atoms with Crippen molar-refractivity contribution >= 4 is 0 Å². The fourth-order valence-corrected chi connectivity index (χ4v) is 2.62. The molecule has 3 rings (SSSR count). The van der Waals surface area contributed by atoms with Crippen LogP contribution in [0.3, 0.4) is 0 Å². The Morgan fingerprint density at radius 3 is 3.12 bits per heavy atom. The van der Waals surface area contributed by atoms with Crippen LogP contribution >= 0.6 is 0 Å². The lowest BCUT2D eigenvalue weighted by Crippen LogP contribution is -2.50. The number of rotatable bonds is 1. The van der Waals surface area contributed by atoms with E-state index in [1.165, 1.54) is 6.07 Å². The summed E-state index contributed by atoms with van der Waals surface area (Å²) in [5.41, 5.74) is -0.571. The summed E-state index contributed by atoms with van der Waals surface area (Å²) in [6.45, 7) is 1.42. The van der Waals surface area contributed by atoms with Crippen LogP contribution < -0.4 is 5.32 Å². The molecule has 1 N–H and O–H groups in total. The van der Waals surface area contributed by atoms with Crippen molar-refractivity contribution in [1.82, 2.24) is 5.32 Å². The van der Waals surface area contributed by atoms with Gasteiger partial charge in [-0.25, -0.2) is 8.78 Å². The van der Waals surface area contributed by atoms with Crippen LogP contribution in [0.15, 0.2) is 18.2 Å². The molecule has 92 valence electrons. The molecule has 2 aliphatic rings. The summed E-state index contributed by atoms with van der Waals surface area (Å²) in [4.78, 5) is 0. The van der Waals surface area contributed by atoms with Crippen LogP contribution in [0.1, 0.15) is 12.0 Å². The molecule has 17 heavy (non-hydrogen) atoms. The molecule has 2 heterocycles. The molecule has 2 saturated heterocycles. The Hall–Kier alpha value is -1.04. The van der Waals surface area contributed by atoms with E-state index in [0.29, 0.717) is 19.5 Å². The van der Waals surface area contributed by atoms with Gasteiger partial charge in [0.1, 0.15) is 30.1 Å². The normalized spacial score (nSPS) is 32.5. The first-order chi connectivity index (χ1) is 8.22. The third kappa shape index (κ3) is 1.66. The maximum Gasteiger partial charge on any atom is 0.148 e. The lowest BCUT2D eigenvalue weighted by Gasteiger charge is -2.37. The van der Waals surface area contributed by atoms with Crippen LogP contribution in [0, 0.1) is 11.6 Å². The summed E-state index contributed by atoms with van der Waals surface area (Å²) >= 11 is 0. The van der Waals surface area contributed by atoms with Crippen molar-refractivity contribution in [2.24, 2.45) is 0 Å². The third-order valence-electron chi connectivity index (χ3n) is 3.49. The fraction of sp³-hybridized carbons (Fsp3) is 0.500. The summed E-state index contributed by atoms with van der Waals surface area (Å²) < 4.78 is 38.2. The maximum absolute atomic E-state index is 13.9. The molecule has 0 aromatic heterocycles. The Kier molecular flexibility index (Phi) is 2.61. The minimum Gasteiger partial charge on any atom is -0.347 e. The van der Waals surface area contributed by atoms with Gasteiger partial charge in [-0.2, -0.15) is 0 Å². The number of hydrogen-bond acceptors (Lipinski definition) is 3. The van der Waals surface area contributed by atoms with Crippen molar-refractivity contribution in [1.29, 1.82) is 0 Å². The van der Waals surface area contributed by atoms with Gasteiger partial charge in [0.05, 0.1) is 0 Å². The molecule has 0 aliphatic carbocycles. The Morgan fingerprint density at radius 2 is 2.24 bits per heavy atom. The highest BCUT2D eigenvalue weighted by molar-refractivity contribution is 5.28. The van der Waals surface area contributed by atoms with Crippen LogP contribution in [0.2, 0.25) is 0 Å². The summed E-state index contributed by atoms with van der Waals surface area (Å²) in [6.07, 6.45) is 0.324. The van der Waals surface area contributed by atoms with Gasteiger partial charge >= 0.3 is 0 Å². The molecule has 0 amide bonds. The number of ether oxygens (including phenoxy) is 2. The molecular weight excluding hydrogens is 228 g/mol. The Balaban J connectivity index is 2.08. The molecule has 0 unspecified atom stereocenters. The summed E-state index contributed by atoms with van der Waals surface area (Å²) in [5.74, 6) is -0.896. The van der Waals surface area contributed by atoms with E-state index in [9.17, 15) is 8.78 Å². The topological polar surface area (TPSA) is 30.5 Å². The minimum atomic E-state index is -0.836. The van der Waals surface area contributed by atoms with Gasteiger partial charge in [0.2, 0.25) is 0 Å². The fourth-order valence-electron chi connectivity index (χ4n) is 2.62. The summed E-state index contributed by atoms with van der Waals surface area (Å²) in [6, 6.07) is 3.46. The molecule has 0 spiro atoms. The second-order valence-corrected chi connectivity index (χ2v) is 4.39. The molecule has 5 heteroatoms. The zero-order valence-corrected chi connectivity index (χ0v) is 9.21. The molecule has 1 aromatic carbocycles. The SMILES string of the molecule is Fc1ccc(F)c([C@]23CCNC[C@H]2OCO3)c1. The van der Waals surface area contributed by atoms with E-state index in [-0.39, 0.29) is 18.5 Å². The lowest BCUT2D eigenvalue weighted by atomic mass is 9.82. The Bertz CT molecular complexity index is 441. The standard InChI is InChI=1S/C12H13F2NO2/c13-8-1-2-10(14)9(5-8)12-3-4-15-6-11(12)16-7-17-12/h1-2,5,11,15H,3-4,6-7H2/t11-,12-/m1/s1. The predicted molar refractivity (Wildman–Crippen MR) is 56.3 cm³/mol. The van der Waals surface area contributed by atoms with Crippen LogP contribution in [0.4, 0.5) is 8.78 Å². The van der Waals surface area contributed by atoms with Crippen molar-refractivity contribution < 1.29 is 18.3 Å². The van der Waals surface area contributed by atoms with Gasteiger partial charge in [-0.05, 0) is 31.2 Å². The zero-order chi connectivity index (χ0) is 11.9. The van der Waals surface area contributed by atoms with E-state index in [0.717, 1.165) is 12.1 Å². The van der Waals surface area contributed by atoms with Gasteiger partial charge in [-0.15, -0.1) is 0 Å².